The van der Waals surface area contributed by atoms with Gasteiger partial charge in [0, 0.05) is 17.5 Å². The van der Waals surface area contributed by atoms with E-state index in [2.05, 4.69) is 0 Å². The van der Waals surface area contributed by atoms with E-state index in [0.29, 0.717) is 23.7 Å². The number of carbonyl (C=O) groups excluding carboxylic acids is 2. The second-order valence-electron chi connectivity index (χ2n) is 7.53. The van der Waals surface area contributed by atoms with Crippen LogP contribution in [-0.4, -0.2) is 39.7 Å². The molecule has 152 valence electrons. The number of aryl methyl sites for hydroxylation is 1. The fourth-order valence-electron chi connectivity index (χ4n) is 3.88. The second-order valence-corrected chi connectivity index (χ2v) is 7.53. The fraction of sp³-hybridized carbons (Fsp3) is 0.391. The molecule has 1 saturated carbocycles. The van der Waals surface area contributed by atoms with Crippen LogP contribution in [0.5, 0.6) is 17.2 Å². The average molecular weight is 396 g/mol. The van der Waals surface area contributed by atoms with Gasteiger partial charge in [-0.1, -0.05) is 18.2 Å². The van der Waals surface area contributed by atoms with E-state index in [0.717, 1.165) is 41.5 Å². The Morgan fingerprint density at radius 3 is 2.38 bits per heavy atom. The number of benzene rings is 2. The molecule has 29 heavy (non-hydrogen) atoms. The predicted molar refractivity (Wildman–Crippen MR) is 107 cm³/mol. The molecule has 0 N–H and O–H groups in total. The lowest BCUT2D eigenvalue weighted by Crippen LogP contribution is -2.25. The van der Waals surface area contributed by atoms with Crippen molar-refractivity contribution in [3.05, 3.63) is 41.5 Å². The van der Waals surface area contributed by atoms with Crippen LogP contribution in [0.3, 0.4) is 0 Å². The third-order valence-electron chi connectivity index (χ3n) is 5.80. The van der Waals surface area contributed by atoms with Crippen LogP contribution in [0.4, 0.5) is 0 Å². The topological polar surface area (TPSA) is 71.1 Å². The average Bonchev–Trinajstić information content (AvgIpc) is 3.47. The number of ketones is 1. The van der Waals surface area contributed by atoms with Crippen LogP contribution in [-0.2, 0) is 16.0 Å². The molecule has 0 aromatic heterocycles. The van der Waals surface area contributed by atoms with E-state index in [1.165, 1.54) is 7.11 Å². The van der Waals surface area contributed by atoms with Crippen molar-refractivity contribution >= 4 is 11.8 Å². The van der Waals surface area contributed by atoms with Crippen LogP contribution in [0.15, 0.2) is 30.3 Å². The van der Waals surface area contributed by atoms with Crippen LogP contribution in [0.1, 0.15) is 35.2 Å². The van der Waals surface area contributed by atoms with Gasteiger partial charge in [0.05, 0.1) is 21.3 Å². The molecule has 0 radical (unpaired) electrons. The van der Waals surface area contributed by atoms with Crippen molar-refractivity contribution in [2.45, 2.75) is 25.7 Å². The van der Waals surface area contributed by atoms with E-state index in [1.807, 2.05) is 30.3 Å². The van der Waals surface area contributed by atoms with Gasteiger partial charge in [0.25, 0.3) is 0 Å². The first kappa shape index (κ1) is 19.3. The van der Waals surface area contributed by atoms with Crippen molar-refractivity contribution in [1.29, 1.82) is 0 Å². The molecular weight excluding hydrogens is 372 g/mol. The van der Waals surface area contributed by atoms with Crippen LogP contribution in [0.25, 0.3) is 11.1 Å². The van der Waals surface area contributed by atoms with Crippen molar-refractivity contribution in [2.75, 3.05) is 27.9 Å². The van der Waals surface area contributed by atoms with Gasteiger partial charge in [-0.05, 0) is 42.5 Å². The number of carbonyl (C=O) groups is 2. The predicted octanol–water partition coefficient (Wildman–Crippen LogP) is 3.83. The SMILES string of the molecule is COC(=O)C1(COc2c(-c3ccc4c(c3)CCC4=O)ccc(OC)c2OC)CC1. The largest absolute Gasteiger partial charge is 0.493 e. The summed E-state index contributed by atoms with van der Waals surface area (Å²) in [6, 6.07) is 9.56. The minimum atomic E-state index is -0.593. The van der Waals surface area contributed by atoms with Gasteiger partial charge in [0.1, 0.15) is 12.0 Å². The molecule has 2 aromatic carbocycles. The number of Topliss-reactive ketones (excluding diaryl/α,β-unsaturated/α-hetero) is 1. The standard InChI is InChI=1S/C23H24O6/c1-26-19-9-7-17(15-4-6-16-14(12-15)5-8-18(16)24)20(21(19)27-2)29-13-23(10-11-23)22(25)28-3/h4,6-7,9,12H,5,8,10-11,13H2,1-3H3. The summed E-state index contributed by atoms with van der Waals surface area (Å²) in [4.78, 5) is 24.1. The Labute approximate surface area is 169 Å². The van der Waals surface area contributed by atoms with Crippen molar-refractivity contribution in [1.82, 2.24) is 0 Å². The first-order chi connectivity index (χ1) is 14.0. The summed E-state index contributed by atoms with van der Waals surface area (Å²) in [6.07, 6.45) is 2.77. The molecule has 2 aliphatic rings. The van der Waals surface area contributed by atoms with Gasteiger partial charge < -0.3 is 18.9 Å². The lowest BCUT2D eigenvalue weighted by molar-refractivity contribution is -0.148. The molecule has 1 fully saturated rings. The highest BCUT2D eigenvalue weighted by Crippen LogP contribution is 2.50. The molecule has 0 atom stereocenters. The van der Waals surface area contributed by atoms with E-state index in [-0.39, 0.29) is 18.4 Å². The molecule has 0 amide bonds. The minimum Gasteiger partial charge on any atom is -0.493 e. The Bertz CT molecular complexity index is 974. The van der Waals surface area contributed by atoms with Crippen molar-refractivity contribution < 1.29 is 28.5 Å². The van der Waals surface area contributed by atoms with E-state index < -0.39 is 5.41 Å². The molecule has 2 aromatic rings. The Kier molecular flexibility index (Phi) is 4.94. The number of hydrogen-bond donors (Lipinski definition) is 0. The van der Waals surface area contributed by atoms with Crippen LogP contribution >= 0.6 is 0 Å². The molecule has 0 saturated heterocycles. The Morgan fingerprint density at radius 1 is 0.966 bits per heavy atom. The molecule has 0 unspecified atom stereocenters. The lowest BCUT2D eigenvalue weighted by Gasteiger charge is -2.20. The van der Waals surface area contributed by atoms with Gasteiger partial charge in [-0.3, -0.25) is 9.59 Å². The maximum absolute atomic E-state index is 12.1. The highest BCUT2D eigenvalue weighted by molar-refractivity contribution is 6.01. The number of fused-ring (bicyclic) bond motifs is 1. The van der Waals surface area contributed by atoms with Crippen molar-refractivity contribution in [3.8, 4) is 28.4 Å². The van der Waals surface area contributed by atoms with Gasteiger partial charge in [-0.2, -0.15) is 0 Å². The highest BCUT2D eigenvalue weighted by atomic mass is 16.5. The Balaban J connectivity index is 1.74. The molecule has 4 rings (SSSR count). The summed E-state index contributed by atoms with van der Waals surface area (Å²) < 4.78 is 22.1. The maximum Gasteiger partial charge on any atom is 0.315 e. The van der Waals surface area contributed by atoms with Crippen LogP contribution in [0, 0.1) is 5.41 Å². The van der Waals surface area contributed by atoms with Gasteiger partial charge in [-0.25, -0.2) is 0 Å². The summed E-state index contributed by atoms with van der Waals surface area (Å²) in [5.74, 6) is 1.47. The number of ether oxygens (including phenoxy) is 4. The zero-order chi connectivity index (χ0) is 20.6. The van der Waals surface area contributed by atoms with E-state index in [1.54, 1.807) is 14.2 Å². The molecule has 6 nitrogen and oxygen atoms in total. The first-order valence-electron chi connectivity index (χ1n) is 9.65. The van der Waals surface area contributed by atoms with Gasteiger partial charge in [-0.15, -0.1) is 0 Å². The quantitative estimate of drug-likeness (QED) is 0.663. The zero-order valence-electron chi connectivity index (χ0n) is 16.9. The van der Waals surface area contributed by atoms with E-state index in [9.17, 15) is 9.59 Å². The lowest BCUT2D eigenvalue weighted by atomic mass is 9.99. The molecular formula is C23H24O6. The number of hydrogen-bond acceptors (Lipinski definition) is 6. The van der Waals surface area contributed by atoms with Gasteiger partial charge >= 0.3 is 5.97 Å². The molecule has 0 bridgehead atoms. The summed E-state index contributed by atoms with van der Waals surface area (Å²) in [5.41, 5.74) is 2.99. The van der Waals surface area contributed by atoms with Crippen LogP contribution in [0.2, 0.25) is 0 Å². The Hall–Kier alpha value is -3.02. The molecule has 0 spiro atoms. The number of methoxy groups -OCH3 is 3. The van der Waals surface area contributed by atoms with E-state index >= 15 is 0 Å². The first-order valence-corrected chi connectivity index (χ1v) is 9.65. The number of rotatable bonds is 7. The van der Waals surface area contributed by atoms with Crippen molar-refractivity contribution in [3.63, 3.8) is 0 Å². The second kappa shape index (κ2) is 7.43. The van der Waals surface area contributed by atoms with Gasteiger partial charge in [0.2, 0.25) is 5.75 Å². The number of esters is 1. The summed E-state index contributed by atoms with van der Waals surface area (Å²) in [6.45, 7) is 0.208. The molecule has 2 aliphatic carbocycles. The normalized spacial score (nSPS) is 16.2. The van der Waals surface area contributed by atoms with Crippen LogP contribution < -0.4 is 14.2 Å². The third kappa shape index (κ3) is 3.33. The minimum absolute atomic E-state index is 0.184. The molecule has 6 heteroatoms. The third-order valence-corrected chi connectivity index (χ3v) is 5.80. The highest BCUT2D eigenvalue weighted by Gasteiger charge is 2.52. The Morgan fingerprint density at radius 2 is 1.72 bits per heavy atom. The summed E-state index contributed by atoms with van der Waals surface area (Å²) in [7, 11) is 4.52. The molecule has 0 aliphatic heterocycles. The molecule has 0 heterocycles. The fourth-order valence-corrected chi connectivity index (χ4v) is 3.88. The maximum atomic E-state index is 12.1. The van der Waals surface area contributed by atoms with E-state index in [4.69, 9.17) is 18.9 Å². The summed E-state index contributed by atoms with van der Waals surface area (Å²) in [5, 5.41) is 0. The summed E-state index contributed by atoms with van der Waals surface area (Å²) >= 11 is 0. The smallest absolute Gasteiger partial charge is 0.315 e. The zero-order valence-corrected chi connectivity index (χ0v) is 16.9. The van der Waals surface area contributed by atoms with Gasteiger partial charge in [0.15, 0.2) is 17.3 Å². The monoisotopic (exact) mass is 396 g/mol. The van der Waals surface area contributed by atoms with Crippen molar-refractivity contribution in [2.24, 2.45) is 5.41 Å².